The molecule has 0 aromatic heterocycles. The number of hydrogen-bond donors (Lipinski definition) is 0. The van der Waals surface area contributed by atoms with E-state index in [0.29, 0.717) is 59.4 Å². The normalized spacial score (nSPS) is 45.2. The Balaban J connectivity index is 1.21. The highest BCUT2D eigenvalue weighted by molar-refractivity contribution is 6.16. The van der Waals surface area contributed by atoms with Crippen LogP contribution >= 0.6 is 0 Å². The van der Waals surface area contributed by atoms with Gasteiger partial charge in [0.15, 0.2) is 0 Å². The Morgan fingerprint density at radius 2 is 1.76 bits per heavy atom. The fourth-order valence-electron chi connectivity index (χ4n) is 9.85. The molecule has 5 unspecified atom stereocenters. The number of carbonyl (C=O) groups excluding carboxylic acids is 2. The van der Waals surface area contributed by atoms with E-state index >= 15 is 0 Å². The highest BCUT2D eigenvalue weighted by atomic mass is 16.6. The van der Waals surface area contributed by atoms with E-state index < -0.39 is 0 Å². The number of fused-ring (bicyclic) bond motifs is 2. The predicted octanol–water partition coefficient (Wildman–Crippen LogP) is 6.58. The average Bonchev–Trinajstić information content (AvgIpc) is 3.70. The average molecular weight is 503 g/mol. The Kier molecular flexibility index (Phi) is 5.45. The Labute approximate surface area is 221 Å². The van der Waals surface area contributed by atoms with Crippen LogP contribution in [-0.4, -0.2) is 41.6 Å². The highest BCUT2D eigenvalue weighted by Crippen LogP contribution is 2.71. The van der Waals surface area contributed by atoms with Gasteiger partial charge in [0.1, 0.15) is 0 Å². The number of rotatable bonds is 2. The minimum Gasteiger partial charge on any atom is -0.369 e. The summed E-state index contributed by atoms with van der Waals surface area (Å²) in [6.45, 7) is 8.30. The van der Waals surface area contributed by atoms with Crippen LogP contribution < -0.4 is 4.90 Å². The second-order valence-electron chi connectivity index (χ2n) is 13.5. The summed E-state index contributed by atoms with van der Waals surface area (Å²) in [4.78, 5) is 30.4. The molecule has 2 saturated heterocycles. The lowest BCUT2D eigenvalue weighted by Crippen LogP contribution is -2.57. The molecule has 198 valence electrons. The van der Waals surface area contributed by atoms with Gasteiger partial charge in [0.2, 0.25) is 5.91 Å². The molecule has 3 heterocycles. The Hall–Kier alpha value is -2.14. The number of epoxide rings is 1. The maximum atomic E-state index is 13.8. The molecule has 0 radical (unpaired) electrons. The van der Waals surface area contributed by atoms with Gasteiger partial charge in [-0.15, -0.1) is 0 Å². The first kappa shape index (κ1) is 23.9. The molecule has 0 spiro atoms. The minimum atomic E-state index is -0.135. The lowest BCUT2D eigenvalue weighted by atomic mass is 9.44. The molecule has 5 fully saturated rings. The van der Waals surface area contributed by atoms with Crippen molar-refractivity contribution in [3.05, 3.63) is 42.0 Å². The van der Waals surface area contributed by atoms with Gasteiger partial charge in [0.25, 0.3) is 0 Å². The van der Waals surface area contributed by atoms with Crippen LogP contribution in [0, 0.1) is 34.5 Å². The maximum Gasteiger partial charge on any atom is 0.331 e. The lowest BCUT2D eigenvalue weighted by Gasteiger charge is -2.59. The van der Waals surface area contributed by atoms with Crippen molar-refractivity contribution in [2.75, 3.05) is 11.4 Å². The molecule has 3 aliphatic carbocycles. The zero-order chi connectivity index (χ0) is 25.5. The summed E-state index contributed by atoms with van der Waals surface area (Å²) >= 11 is 0. The SMILES string of the molecule is CC1CC[C@@]23CCC4OC4C2[C@]1(C)CC[C@@H](C1=CCCC2CC(=O)N(c4ccccc4)C(=O)N2C1)[C@@H]3C. The molecule has 2 bridgehead atoms. The van der Waals surface area contributed by atoms with Gasteiger partial charge in [-0.3, -0.25) is 4.79 Å². The van der Waals surface area contributed by atoms with Gasteiger partial charge in [-0.1, -0.05) is 50.6 Å². The van der Waals surface area contributed by atoms with E-state index in [1.807, 2.05) is 35.2 Å². The topological polar surface area (TPSA) is 53.2 Å². The van der Waals surface area contributed by atoms with Crippen molar-refractivity contribution < 1.29 is 14.3 Å². The summed E-state index contributed by atoms with van der Waals surface area (Å²) < 4.78 is 6.34. The third kappa shape index (κ3) is 3.45. The van der Waals surface area contributed by atoms with E-state index in [-0.39, 0.29) is 18.0 Å². The molecule has 1 aromatic rings. The first-order valence-corrected chi connectivity index (χ1v) is 14.9. The predicted molar refractivity (Wildman–Crippen MR) is 144 cm³/mol. The number of anilines is 1. The van der Waals surface area contributed by atoms with Crippen molar-refractivity contribution in [3.8, 4) is 0 Å². The lowest BCUT2D eigenvalue weighted by molar-refractivity contribution is -0.120. The molecule has 3 saturated carbocycles. The van der Waals surface area contributed by atoms with Crippen LogP contribution in [0.15, 0.2) is 42.0 Å². The van der Waals surface area contributed by atoms with Crippen molar-refractivity contribution in [3.63, 3.8) is 0 Å². The van der Waals surface area contributed by atoms with E-state index in [4.69, 9.17) is 4.74 Å². The highest BCUT2D eigenvalue weighted by Gasteiger charge is 2.68. The van der Waals surface area contributed by atoms with E-state index in [0.717, 1.165) is 18.8 Å². The Morgan fingerprint density at radius 1 is 0.973 bits per heavy atom. The molecular weight excluding hydrogens is 460 g/mol. The molecule has 5 nitrogen and oxygen atoms in total. The van der Waals surface area contributed by atoms with Crippen LogP contribution in [-0.2, 0) is 9.53 Å². The summed E-state index contributed by atoms with van der Waals surface area (Å²) in [6, 6.07) is 9.34. The second kappa shape index (κ2) is 8.43. The van der Waals surface area contributed by atoms with Gasteiger partial charge in [0.05, 0.1) is 17.9 Å². The summed E-state index contributed by atoms with van der Waals surface area (Å²) in [6.07, 6.45) is 13.4. The third-order valence-electron chi connectivity index (χ3n) is 12.1. The molecule has 3 aliphatic heterocycles. The third-order valence-corrected chi connectivity index (χ3v) is 12.1. The molecule has 7 rings (SSSR count). The number of benzene rings is 1. The largest absolute Gasteiger partial charge is 0.369 e. The number of amides is 3. The van der Waals surface area contributed by atoms with Crippen LogP contribution in [0.4, 0.5) is 10.5 Å². The fraction of sp³-hybridized carbons (Fsp3) is 0.688. The standard InChI is InChI=1S/C32H42N2O3/c1-20-12-16-32-17-14-26-28(37-26)29(32)31(20,3)15-13-25(21(32)2)22-8-7-11-24-18-27(35)34(30(36)33(24)19-22)23-9-5-4-6-10-23/h4-6,8-10,20-21,24-26,28-29H,7,11-19H2,1-3H3/t20?,21-,24?,25+,26?,28?,29?,31+,32-/m0/s1. The van der Waals surface area contributed by atoms with Gasteiger partial charge < -0.3 is 9.64 Å². The maximum absolute atomic E-state index is 13.8. The van der Waals surface area contributed by atoms with Gasteiger partial charge >= 0.3 is 6.03 Å². The van der Waals surface area contributed by atoms with Gasteiger partial charge in [-0.05, 0) is 98.0 Å². The van der Waals surface area contributed by atoms with Crippen molar-refractivity contribution in [1.29, 1.82) is 0 Å². The molecule has 1 aromatic carbocycles. The number of allylic oxidation sites excluding steroid dienone is 1. The summed E-state index contributed by atoms with van der Waals surface area (Å²) in [5.74, 6) is 2.43. The van der Waals surface area contributed by atoms with E-state index in [9.17, 15) is 9.59 Å². The molecule has 37 heavy (non-hydrogen) atoms. The number of nitrogens with zero attached hydrogens (tertiary/aromatic N) is 2. The smallest absolute Gasteiger partial charge is 0.331 e. The van der Waals surface area contributed by atoms with Crippen LogP contribution in [0.3, 0.4) is 0 Å². The van der Waals surface area contributed by atoms with E-state index in [1.165, 1.54) is 49.0 Å². The van der Waals surface area contributed by atoms with Gasteiger partial charge in [0, 0.05) is 19.0 Å². The molecule has 0 N–H and O–H groups in total. The zero-order valence-corrected chi connectivity index (χ0v) is 22.7. The molecular formula is C32H42N2O3. The number of imide groups is 1. The van der Waals surface area contributed by atoms with Crippen LogP contribution in [0.5, 0.6) is 0 Å². The zero-order valence-electron chi connectivity index (χ0n) is 22.7. The van der Waals surface area contributed by atoms with Crippen molar-refractivity contribution >= 4 is 17.6 Å². The number of hydrogen-bond acceptors (Lipinski definition) is 3. The van der Waals surface area contributed by atoms with Crippen LogP contribution in [0.25, 0.3) is 0 Å². The first-order valence-electron chi connectivity index (χ1n) is 14.9. The molecule has 5 heteroatoms. The Morgan fingerprint density at radius 3 is 2.57 bits per heavy atom. The van der Waals surface area contributed by atoms with Crippen molar-refractivity contribution in [2.24, 2.45) is 34.5 Å². The van der Waals surface area contributed by atoms with Crippen molar-refractivity contribution in [1.82, 2.24) is 4.90 Å². The second-order valence-corrected chi connectivity index (χ2v) is 13.5. The number of urea groups is 1. The van der Waals surface area contributed by atoms with E-state index in [1.54, 1.807) is 0 Å². The van der Waals surface area contributed by atoms with Crippen LogP contribution in [0.1, 0.15) is 78.6 Å². The number of para-hydroxylation sites is 1. The fourth-order valence-corrected chi connectivity index (χ4v) is 9.85. The van der Waals surface area contributed by atoms with Gasteiger partial charge in [-0.2, -0.15) is 0 Å². The van der Waals surface area contributed by atoms with Gasteiger partial charge in [-0.25, -0.2) is 9.69 Å². The Bertz CT molecular complexity index is 1130. The summed E-state index contributed by atoms with van der Waals surface area (Å²) in [7, 11) is 0. The molecule has 9 atom stereocenters. The number of carbonyl (C=O) groups is 2. The quantitative estimate of drug-likeness (QED) is 0.339. The van der Waals surface area contributed by atoms with E-state index in [2.05, 4.69) is 26.8 Å². The minimum absolute atomic E-state index is 0.00720. The first-order chi connectivity index (χ1) is 17.8. The molecule has 6 aliphatic rings. The summed E-state index contributed by atoms with van der Waals surface area (Å²) in [5.41, 5.74) is 2.84. The number of ether oxygens (including phenoxy) is 1. The van der Waals surface area contributed by atoms with Crippen LogP contribution in [0.2, 0.25) is 0 Å². The summed E-state index contributed by atoms with van der Waals surface area (Å²) in [5, 5.41) is 0. The monoisotopic (exact) mass is 502 g/mol. The van der Waals surface area contributed by atoms with Crippen molar-refractivity contribution in [2.45, 2.75) is 96.8 Å². The molecule has 3 amide bonds.